The van der Waals surface area contributed by atoms with E-state index in [9.17, 15) is 0 Å². The van der Waals surface area contributed by atoms with Crippen LogP contribution >= 0.6 is 0 Å². The van der Waals surface area contributed by atoms with E-state index in [-0.39, 0.29) is 24.0 Å². The summed E-state index contributed by atoms with van der Waals surface area (Å²) in [6.07, 6.45) is 3.25. The van der Waals surface area contributed by atoms with E-state index in [2.05, 4.69) is 25.0 Å². The highest BCUT2D eigenvalue weighted by atomic mass is 127. The van der Waals surface area contributed by atoms with Gasteiger partial charge in [-0.05, 0) is 13.0 Å². The third-order valence-corrected chi connectivity index (χ3v) is 1.82. The van der Waals surface area contributed by atoms with Crippen LogP contribution < -0.4 is 24.0 Å². The van der Waals surface area contributed by atoms with Crippen LogP contribution in [0.1, 0.15) is 20.3 Å². The van der Waals surface area contributed by atoms with Crippen LogP contribution in [-0.4, -0.2) is 29.7 Å². The van der Waals surface area contributed by atoms with Crippen molar-refractivity contribution in [3.8, 4) is 0 Å². The van der Waals surface area contributed by atoms with Crippen LogP contribution in [0.4, 0.5) is 0 Å². The summed E-state index contributed by atoms with van der Waals surface area (Å²) in [5, 5.41) is 0. The van der Waals surface area contributed by atoms with Gasteiger partial charge in [-0.15, -0.1) is 0 Å². The monoisotopic (exact) mass is 281 g/mol. The number of ether oxygens (including phenoxy) is 1. The average molecular weight is 281 g/mol. The molecule has 3 heteroatoms. The lowest BCUT2D eigenvalue weighted by molar-refractivity contribution is -0.511. The van der Waals surface area contributed by atoms with Gasteiger partial charge in [0.05, 0.1) is 6.42 Å². The Bertz CT molecular complexity index is 189. The molecule has 0 fully saturated rings. The zero-order valence-electron chi connectivity index (χ0n) is 7.72. The van der Waals surface area contributed by atoms with Gasteiger partial charge in [-0.1, -0.05) is 13.5 Å². The van der Waals surface area contributed by atoms with E-state index in [0.29, 0.717) is 6.10 Å². The highest BCUT2D eigenvalue weighted by Crippen LogP contribution is 2.05. The van der Waals surface area contributed by atoms with Crippen LogP contribution in [0.5, 0.6) is 0 Å². The molecule has 0 aromatic rings. The lowest BCUT2D eigenvalue weighted by Gasteiger charge is -1.95. The maximum atomic E-state index is 5.57. The summed E-state index contributed by atoms with van der Waals surface area (Å²) in [6.45, 7) is 9.84. The molecule has 0 aliphatic carbocycles. The summed E-state index contributed by atoms with van der Waals surface area (Å²) in [4.78, 5) is 0. The van der Waals surface area contributed by atoms with Crippen LogP contribution in [-0.2, 0) is 4.74 Å². The first kappa shape index (κ1) is 11.9. The van der Waals surface area contributed by atoms with Gasteiger partial charge in [0.25, 0.3) is 0 Å². The minimum atomic E-state index is 0. The minimum absolute atomic E-state index is 0. The molecule has 0 aromatic carbocycles. The topological polar surface area (TPSA) is 12.2 Å². The molecule has 1 aliphatic rings. The molecule has 0 radical (unpaired) electrons. The molecule has 0 saturated heterocycles. The summed E-state index contributed by atoms with van der Waals surface area (Å²) in [6, 6.07) is 0. The Labute approximate surface area is 91.3 Å². The Morgan fingerprint density at radius 1 is 1.75 bits per heavy atom. The van der Waals surface area contributed by atoms with Crippen LogP contribution in [0.3, 0.4) is 0 Å². The summed E-state index contributed by atoms with van der Waals surface area (Å²) in [5.41, 5.74) is 0. The second kappa shape index (κ2) is 5.56. The van der Waals surface area contributed by atoms with E-state index in [1.165, 1.54) is 0 Å². The molecule has 1 rings (SSSR count). The van der Waals surface area contributed by atoms with Crippen LogP contribution in [0, 0.1) is 0 Å². The van der Waals surface area contributed by atoms with Crippen molar-refractivity contribution in [3.05, 3.63) is 12.7 Å². The highest BCUT2D eigenvalue weighted by molar-refractivity contribution is 5.71. The third-order valence-electron chi connectivity index (χ3n) is 1.82. The Morgan fingerprint density at radius 2 is 2.42 bits per heavy atom. The predicted octanol–water partition coefficient (Wildman–Crippen LogP) is -1.58. The first-order valence-electron chi connectivity index (χ1n) is 4.16. The second-order valence-corrected chi connectivity index (χ2v) is 2.87. The molecule has 0 aromatic heterocycles. The summed E-state index contributed by atoms with van der Waals surface area (Å²) in [7, 11) is 0. The zero-order valence-corrected chi connectivity index (χ0v) is 9.87. The van der Waals surface area contributed by atoms with Gasteiger partial charge in [-0.2, -0.15) is 4.58 Å². The molecule has 0 bridgehead atoms. The smallest absolute Gasteiger partial charge is 0.336 e. The van der Waals surface area contributed by atoms with E-state index in [1.54, 1.807) is 0 Å². The maximum absolute atomic E-state index is 5.57. The average Bonchev–Trinajstić information content (AvgIpc) is 2.32. The number of hydrogen-bond donors (Lipinski definition) is 0. The van der Waals surface area contributed by atoms with Gasteiger partial charge < -0.3 is 28.7 Å². The fraction of sp³-hybridized carbons (Fsp3) is 0.667. The Morgan fingerprint density at radius 3 is 2.92 bits per heavy atom. The van der Waals surface area contributed by atoms with E-state index < -0.39 is 0 Å². The number of nitrogens with zero attached hydrogens (tertiary/aromatic N) is 1. The number of halogens is 1. The summed E-state index contributed by atoms with van der Waals surface area (Å²) < 4.78 is 7.80. The van der Waals surface area contributed by atoms with Crippen molar-refractivity contribution in [2.75, 3.05) is 13.1 Å². The van der Waals surface area contributed by atoms with Gasteiger partial charge in [-0.25, -0.2) is 0 Å². The molecular formula is C9H16INO. The second-order valence-electron chi connectivity index (χ2n) is 2.87. The molecule has 1 atom stereocenters. The number of hydrogen-bond acceptors (Lipinski definition) is 1. The Kier molecular flexibility index (Phi) is 5.53. The Hall–Kier alpha value is -0.0600. The van der Waals surface area contributed by atoms with Crippen LogP contribution in [0.2, 0.25) is 0 Å². The third kappa shape index (κ3) is 2.77. The number of rotatable bonds is 3. The molecule has 2 nitrogen and oxygen atoms in total. The standard InChI is InChI=1S/C9H16NO.HI/c1-4-6-10-7-8(3)11-9(10)5-2;/h4,8H,1,5-7H2,2-3H3;1H/q+1;/p-1. The molecule has 0 N–H and O–H groups in total. The zero-order chi connectivity index (χ0) is 8.27. The van der Waals surface area contributed by atoms with Crippen molar-refractivity contribution in [1.82, 2.24) is 0 Å². The molecule has 12 heavy (non-hydrogen) atoms. The van der Waals surface area contributed by atoms with Crippen molar-refractivity contribution < 1.29 is 33.3 Å². The minimum Gasteiger partial charge on any atom is -1.00 e. The summed E-state index contributed by atoms with van der Waals surface area (Å²) >= 11 is 0. The van der Waals surface area contributed by atoms with Crippen molar-refractivity contribution in [3.63, 3.8) is 0 Å². The lowest BCUT2D eigenvalue weighted by atomic mass is 10.4. The van der Waals surface area contributed by atoms with Crippen molar-refractivity contribution in [2.45, 2.75) is 26.4 Å². The largest absolute Gasteiger partial charge is 1.00 e. The van der Waals surface area contributed by atoms with Gasteiger partial charge in [0.1, 0.15) is 0 Å². The van der Waals surface area contributed by atoms with Gasteiger partial charge in [0.15, 0.2) is 19.2 Å². The van der Waals surface area contributed by atoms with Crippen molar-refractivity contribution in [1.29, 1.82) is 0 Å². The first-order valence-corrected chi connectivity index (χ1v) is 4.16. The highest BCUT2D eigenvalue weighted by Gasteiger charge is 2.26. The van der Waals surface area contributed by atoms with E-state index in [0.717, 1.165) is 25.4 Å². The van der Waals surface area contributed by atoms with E-state index in [1.807, 2.05) is 6.08 Å². The first-order chi connectivity index (χ1) is 5.27. The normalized spacial score (nSPS) is 21.7. The van der Waals surface area contributed by atoms with Gasteiger partial charge in [-0.3, -0.25) is 0 Å². The molecule has 1 heterocycles. The molecule has 0 saturated carbocycles. The van der Waals surface area contributed by atoms with E-state index in [4.69, 9.17) is 4.74 Å². The summed E-state index contributed by atoms with van der Waals surface area (Å²) in [5.74, 6) is 1.11. The fourth-order valence-electron chi connectivity index (χ4n) is 1.40. The molecule has 0 spiro atoms. The molecule has 70 valence electrons. The quantitative estimate of drug-likeness (QED) is 0.345. The van der Waals surface area contributed by atoms with Gasteiger partial charge in [0, 0.05) is 0 Å². The van der Waals surface area contributed by atoms with Crippen LogP contribution in [0.15, 0.2) is 12.7 Å². The predicted molar refractivity (Wildman–Crippen MR) is 46.0 cm³/mol. The van der Waals surface area contributed by atoms with Gasteiger partial charge in [0.2, 0.25) is 0 Å². The van der Waals surface area contributed by atoms with E-state index >= 15 is 0 Å². The van der Waals surface area contributed by atoms with Crippen molar-refractivity contribution >= 4 is 5.90 Å². The Balaban J connectivity index is 0.00000121. The van der Waals surface area contributed by atoms with Crippen LogP contribution in [0.25, 0.3) is 0 Å². The molecule has 1 unspecified atom stereocenters. The molecule has 1 aliphatic heterocycles. The maximum Gasteiger partial charge on any atom is 0.336 e. The lowest BCUT2D eigenvalue weighted by Crippen LogP contribution is -3.00. The SMILES string of the molecule is C=CC[N+]1=C(CC)OC(C)C1.[I-]. The molecule has 0 amide bonds. The van der Waals surface area contributed by atoms with Crippen molar-refractivity contribution in [2.24, 2.45) is 0 Å². The fourth-order valence-corrected chi connectivity index (χ4v) is 1.40. The molecular weight excluding hydrogens is 265 g/mol. The van der Waals surface area contributed by atoms with Gasteiger partial charge >= 0.3 is 5.90 Å².